The molecule has 0 aliphatic carbocycles. The minimum Gasteiger partial charge on any atom is -0.509 e. The van der Waals surface area contributed by atoms with E-state index in [0.29, 0.717) is 5.70 Å². The van der Waals surface area contributed by atoms with E-state index < -0.39 is 5.41 Å². The number of hydrogen-bond donors (Lipinski definition) is 2. The third kappa shape index (κ3) is 5.08. The van der Waals surface area contributed by atoms with Gasteiger partial charge in [0.2, 0.25) is 0 Å². The van der Waals surface area contributed by atoms with Gasteiger partial charge in [0.05, 0.1) is 48.9 Å². The molecule has 5 aliphatic rings. The fraction of sp³-hybridized carbons (Fsp3) is 0.184. The number of rotatable bonds is 2. The number of nitrogens with one attached hydrogen (secondary N) is 1. The Hall–Kier alpha value is -3.57. The first kappa shape index (κ1) is 30.1. The van der Waals surface area contributed by atoms with Crippen molar-refractivity contribution in [1.29, 1.82) is 0 Å². The van der Waals surface area contributed by atoms with Crippen LogP contribution in [0.15, 0.2) is 129 Å². The summed E-state index contributed by atoms with van der Waals surface area (Å²) >= 11 is 4.71. The molecule has 224 valence electrons. The maximum absolute atomic E-state index is 11.5. The Labute approximate surface area is 291 Å². The lowest BCUT2D eigenvalue weighted by molar-refractivity contribution is 0.301. The second-order valence-electron chi connectivity index (χ2n) is 12.5. The van der Waals surface area contributed by atoms with Crippen LogP contribution in [0.1, 0.15) is 47.2 Å². The van der Waals surface area contributed by atoms with E-state index >= 15 is 0 Å². The van der Waals surface area contributed by atoms with E-state index in [9.17, 15) is 5.11 Å². The van der Waals surface area contributed by atoms with Gasteiger partial charge in [-0.3, -0.25) is 0 Å². The molecule has 0 amide bonds. The Balaban J connectivity index is 1.58. The lowest BCUT2D eigenvalue weighted by Gasteiger charge is -2.19. The van der Waals surface area contributed by atoms with E-state index in [0.717, 1.165) is 69.4 Å². The number of fused-ring (bicyclic) bond motifs is 5. The summed E-state index contributed by atoms with van der Waals surface area (Å²) < 4.78 is 1.91. The number of halogens is 2. The maximum Gasteiger partial charge on any atom is 0.128 e. The summed E-state index contributed by atoms with van der Waals surface area (Å²) in [4.78, 5) is 15.7. The molecule has 0 saturated heterocycles. The van der Waals surface area contributed by atoms with Crippen LogP contribution in [0.5, 0.6) is 0 Å². The first-order valence-corrected chi connectivity index (χ1v) is 17.1. The monoisotopic (exact) mass is 814 g/mol. The van der Waals surface area contributed by atoms with Crippen molar-refractivity contribution in [3.05, 3.63) is 148 Å². The summed E-state index contributed by atoms with van der Waals surface area (Å²) in [7, 11) is 0. The number of hydrogen-bond acceptors (Lipinski definition) is 5. The quantitative estimate of drug-likeness (QED) is 0.297. The average molecular weight is 815 g/mol. The van der Waals surface area contributed by atoms with Crippen LogP contribution >= 0.6 is 45.2 Å². The molecular formula is C38H32I2N4O. The largest absolute Gasteiger partial charge is 0.509 e. The van der Waals surface area contributed by atoms with E-state index in [-0.39, 0.29) is 5.76 Å². The zero-order valence-corrected chi connectivity index (χ0v) is 30.3. The normalized spacial score (nSPS) is 20.1. The smallest absolute Gasteiger partial charge is 0.128 e. The predicted molar refractivity (Wildman–Crippen MR) is 204 cm³/mol. The average Bonchev–Trinajstić information content (AvgIpc) is 3.77. The van der Waals surface area contributed by atoms with Crippen LogP contribution in [-0.4, -0.2) is 22.2 Å². The van der Waals surface area contributed by atoms with Crippen LogP contribution in [0.4, 0.5) is 0 Å². The number of aliphatic imine (C=N–C) groups is 3. The van der Waals surface area contributed by atoms with Crippen LogP contribution in [0.25, 0.3) is 11.1 Å². The van der Waals surface area contributed by atoms with Gasteiger partial charge < -0.3 is 10.4 Å². The van der Waals surface area contributed by atoms with Gasteiger partial charge in [-0.25, -0.2) is 15.0 Å². The van der Waals surface area contributed by atoms with Crippen LogP contribution in [0.3, 0.4) is 0 Å². The molecule has 0 saturated carbocycles. The van der Waals surface area contributed by atoms with Crippen LogP contribution in [0.2, 0.25) is 0 Å². The summed E-state index contributed by atoms with van der Waals surface area (Å²) in [6, 6.07) is 13.0. The van der Waals surface area contributed by atoms with E-state index in [2.05, 4.69) is 133 Å². The third-order valence-corrected chi connectivity index (χ3v) is 10.7. The molecule has 5 nitrogen and oxygen atoms in total. The molecule has 2 N–H and O–H groups in total. The van der Waals surface area contributed by atoms with E-state index in [4.69, 9.17) is 15.0 Å². The van der Waals surface area contributed by atoms with Crippen molar-refractivity contribution >= 4 is 73.5 Å². The second kappa shape index (κ2) is 11.0. The molecule has 0 spiro atoms. The third-order valence-electron chi connectivity index (χ3n) is 8.79. The van der Waals surface area contributed by atoms with Crippen molar-refractivity contribution < 1.29 is 5.11 Å². The summed E-state index contributed by atoms with van der Waals surface area (Å²) in [6.07, 6.45) is 12.4. The zero-order valence-electron chi connectivity index (χ0n) is 26.0. The minimum absolute atomic E-state index is 0.289. The SMILES string of the molecule is Cc1ccc(C2=C3C=CC(=N3)C=C3NC(=C(O)C3(C)C)C(I)=C3C=CC(=N3)C(c3c(C)cc(C)cc3C)=C3C=C(I)C2=N3)cc1. The van der Waals surface area contributed by atoms with Crippen LogP contribution < -0.4 is 5.32 Å². The van der Waals surface area contributed by atoms with Gasteiger partial charge in [0.25, 0.3) is 0 Å². The lowest BCUT2D eigenvalue weighted by atomic mass is 9.88. The van der Waals surface area contributed by atoms with Gasteiger partial charge >= 0.3 is 0 Å². The van der Waals surface area contributed by atoms with E-state index in [1.165, 1.54) is 22.3 Å². The number of benzene rings is 2. The van der Waals surface area contributed by atoms with Crippen molar-refractivity contribution in [3.8, 4) is 0 Å². The molecule has 5 heterocycles. The summed E-state index contributed by atoms with van der Waals surface area (Å²) in [6.45, 7) is 12.6. The molecule has 0 aromatic heterocycles. The number of aryl methyl sites for hydroxylation is 4. The van der Waals surface area contributed by atoms with Gasteiger partial charge in [0.1, 0.15) is 5.76 Å². The van der Waals surface area contributed by atoms with Crippen molar-refractivity contribution in [3.63, 3.8) is 0 Å². The Bertz CT molecular complexity index is 2060. The van der Waals surface area contributed by atoms with Gasteiger partial charge in [-0.15, -0.1) is 0 Å². The fourth-order valence-corrected chi connectivity index (χ4v) is 7.82. The Morgan fingerprint density at radius 1 is 0.733 bits per heavy atom. The Morgan fingerprint density at radius 3 is 2.13 bits per heavy atom. The summed E-state index contributed by atoms with van der Waals surface area (Å²) in [5.41, 5.74) is 15.0. The highest BCUT2D eigenvalue weighted by Gasteiger charge is 2.39. The van der Waals surface area contributed by atoms with Crippen molar-refractivity contribution in [2.75, 3.05) is 0 Å². The number of aliphatic hydroxyl groups is 1. The standard InChI is InChI=1S/C38H32I2N4O/c1-19-7-9-23(10-8-19)32-26-12-11-24(41-26)17-30-38(5,6)37(45)36(44-30)34(40)28-14-13-27(42-28)33(29-18-25(39)35(32)43-29)31-21(3)15-20(2)16-22(31)4/h7-18,44-45H,1-6H3. The van der Waals surface area contributed by atoms with Gasteiger partial charge in [0.15, 0.2) is 0 Å². The summed E-state index contributed by atoms with van der Waals surface area (Å²) in [5.74, 6) is 0.289. The minimum atomic E-state index is -0.623. The van der Waals surface area contributed by atoms with Crippen LogP contribution in [0, 0.1) is 33.1 Å². The molecule has 7 heteroatoms. The fourth-order valence-electron chi connectivity index (χ4n) is 6.45. The van der Waals surface area contributed by atoms with Gasteiger partial charge in [0, 0.05) is 20.4 Å². The maximum atomic E-state index is 11.5. The highest BCUT2D eigenvalue weighted by Crippen LogP contribution is 2.45. The first-order valence-electron chi connectivity index (χ1n) is 14.9. The summed E-state index contributed by atoms with van der Waals surface area (Å²) in [5, 5.41) is 15.0. The second-order valence-corrected chi connectivity index (χ2v) is 14.8. The molecular weight excluding hydrogens is 782 g/mol. The highest BCUT2D eigenvalue weighted by molar-refractivity contribution is 14.1. The van der Waals surface area contributed by atoms with Crippen molar-refractivity contribution in [2.45, 2.75) is 41.5 Å². The Morgan fingerprint density at radius 2 is 1.42 bits per heavy atom. The number of allylic oxidation sites excluding steroid dienone is 10. The molecule has 45 heavy (non-hydrogen) atoms. The van der Waals surface area contributed by atoms with Crippen molar-refractivity contribution in [2.24, 2.45) is 20.4 Å². The molecule has 0 atom stereocenters. The lowest BCUT2D eigenvalue weighted by Crippen LogP contribution is -2.19. The molecule has 0 radical (unpaired) electrons. The molecule has 5 aliphatic heterocycles. The molecule has 0 unspecified atom stereocenters. The highest BCUT2D eigenvalue weighted by atomic mass is 127. The number of aliphatic hydroxyl groups excluding tert-OH is 1. The number of nitrogens with zero attached hydrogens (tertiary/aromatic N) is 3. The molecule has 8 bridgehead atoms. The van der Waals surface area contributed by atoms with Gasteiger partial charge in [-0.05, 0) is 145 Å². The first-order chi connectivity index (χ1) is 21.4. The van der Waals surface area contributed by atoms with Crippen molar-refractivity contribution in [1.82, 2.24) is 5.32 Å². The topological polar surface area (TPSA) is 69.3 Å². The van der Waals surface area contributed by atoms with E-state index in [1.807, 2.05) is 32.1 Å². The van der Waals surface area contributed by atoms with E-state index in [1.54, 1.807) is 0 Å². The zero-order chi connectivity index (χ0) is 31.8. The van der Waals surface area contributed by atoms with Crippen LogP contribution in [-0.2, 0) is 0 Å². The Kier molecular flexibility index (Phi) is 7.39. The molecule has 2 aromatic carbocycles. The van der Waals surface area contributed by atoms with Gasteiger partial charge in [-0.2, -0.15) is 0 Å². The molecule has 2 aromatic rings. The molecule has 0 fully saturated rings. The van der Waals surface area contributed by atoms with Gasteiger partial charge in [-0.1, -0.05) is 47.5 Å². The molecule has 7 rings (SSSR count). The predicted octanol–water partition coefficient (Wildman–Crippen LogP) is 9.78.